The molecule has 0 bridgehead atoms. The topological polar surface area (TPSA) is 36.4 Å². The van der Waals surface area contributed by atoms with E-state index in [0.29, 0.717) is 11.0 Å². The number of rotatable bonds is 1. The fourth-order valence-electron chi connectivity index (χ4n) is 1.51. The predicted molar refractivity (Wildman–Crippen MR) is 59.9 cm³/mol. The summed E-state index contributed by atoms with van der Waals surface area (Å²) >= 11 is 4.93. The Balaban J connectivity index is 2.43. The molecule has 1 rings (SSSR count). The maximum atomic E-state index is 4.93. The molecule has 2 N–H and O–H groups in total. The van der Waals surface area contributed by atoms with Crippen molar-refractivity contribution in [1.82, 2.24) is 10.7 Å². The summed E-state index contributed by atoms with van der Waals surface area (Å²) in [7, 11) is 1.79. The van der Waals surface area contributed by atoms with E-state index in [-0.39, 0.29) is 0 Å². The van der Waals surface area contributed by atoms with Crippen molar-refractivity contribution < 1.29 is 0 Å². The van der Waals surface area contributed by atoms with Crippen molar-refractivity contribution in [3.05, 3.63) is 0 Å². The molecular formula is C9H17N3S. The van der Waals surface area contributed by atoms with Crippen molar-refractivity contribution in [2.75, 3.05) is 7.05 Å². The average Bonchev–Trinajstić information content (AvgIpc) is 2.16. The Morgan fingerprint density at radius 2 is 2.31 bits per heavy atom. The average molecular weight is 199 g/mol. The Kier molecular flexibility index (Phi) is 4.15. The monoisotopic (exact) mass is 199 g/mol. The van der Waals surface area contributed by atoms with Crippen LogP contribution in [0, 0.1) is 5.92 Å². The Hall–Kier alpha value is -0.640. The zero-order chi connectivity index (χ0) is 9.68. The maximum absolute atomic E-state index is 4.93. The molecule has 1 atom stereocenters. The summed E-state index contributed by atoms with van der Waals surface area (Å²) in [6.07, 6.45) is 4.96. The molecule has 0 aromatic carbocycles. The van der Waals surface area contributed by atoms with Crippen LogP contribution in [0.2, 0.25) is 0 Å². The lowest BCUT2D eigenvalue weighted by molar-refractivity contribution is 0.555. The van der Waals surface area contributed by atoms with Crippen molar-refractivity contribution in [1.29, 1.82) is 0 Å². The molecule has 0 aromatic heterocycles. The van der Waals surface area contributed by atoms with Crippen LogP contribution in [0.3, 0.4) is 0 Å². The van der Waals surface area contributed by atoms with Gasteiger partial charge in [-0.15, -0.1) is 0 Å². The number of hydrogen-bond acceptors (Lipinski definition) is 2. The van der Waals surface area contributed by atoms with Crippen LogP contribution in [-0.4, -0.2) is 17.9 Å². The van der Waals surface area contributed by atoms with Crippen molar-refractivity contribution in [2.24, 2.45) is 11.0 Å². The van der Waals surface area contributed by atoms with E-state index in [4.69, 9.17) is 12.2 Å². The predicted octanol–water partition coefficient (Wildman–Crippen LogP) is 1.65. The molecule has 0 saturated heterocycles. The zero-order valence-electron chi connectivity index (χ0n) is 8.26. The molecule has 13 heavy (non-hydrogen) atoms. The third kappa shape index (κ3) is 3.30. The minimum absolute atomic E-state index is 0.588. The Morgan fingerprint density at radius 3 is 2.92 bits per heavy atom. The highest BCUT2D eigenvalue weighted by atomic mass is 32.1. The quantitative estimate of drug-likeness (QED) is 0.498. The maximum Gasteiger partial charge on any atom is 0.186 e. The molecular weight excluding hydrogens is 182 g/mol. The van der Waals surface area contributed by atoms with Gasteiger partial charge >= 0.3 is 0 Å². The van der Waals surface area contributed by atoms with E-state index in [9.17, 15) is 0 Å². The van der Waals surface area contributed by atoms with Gasteiger partial charge in [0.2, 0.25) is 0 Å². The SMILES string of the molecule is CNC(=S)N/N=C1/CCCC[C@H]1C. The molecule has 0 unspecified atom stereocenters. The van der Waals surface area contributed by atoms with Gasteiger partial charge in [0, 0.05) is 12.8 Å². The van der Waals surface area contributed by atoms with Crippen LogP contribution < -0.4 is 10.7 Å². The highest BCUT2D eigenvalue weighted by Crippen LogP contribution is 2.20. The summed E-state index contributed by atoms with van der Waals surface area (Å²) in [4.78, 5) is 0. The summed E-state index contributed by atoms with van der Waals surface area (Å²) in [5.41, 5.74) is 4.09. The molecule has 1 saturated carbocycles. The Bertz CT molecular complexity index is 213. The summed E-state index contributed by atoms with van der Waals surface area (Å²) in [5.74, 6) is 0.612. The number of nitrogens with one attached hydrogen (secondary N) is 2. The van der Waals surface area contributed by atoms with Crippen molar-refractivity contribution in [2.45, 2.75) is 32.6 Å². The second kappa shape index (κ2) is 5.17. The van der Waals surface area contributed by atoms with E-state index < -0.39 is 0 Å². The third-order valence-electron chi connectivity index (χ3n) is 2.42. The Labute approximate surface area is 85.0 Å². The molecule has 0 amide bonds. The van der Waals surface area contributed by atoms with E-state index >= 15 is 0 Å². The third-order valence-corrected chi connectivity index (χ3v) is 2.71. The van der Waals surface area contributed by atoms with E-state index in [1.807, 2.05) is 0 Å². The second-order valence-electron chi connectivity index (χ2n) is 3.44. The molecule has 1 aliphatic rings. The van der Waals surface area contributed by atoms with Gasteiger partial charge in [0.25, 0.3) is 0 Å². The normalized spacial score (nSPS) is 25.7. The highest BCUT2D eigenvalue weighted by Gasteiger charge is 2.15. The number of thiocarbonyl (C=S) groups is 1. The van der Waals surface area contributed by atoms with Crippen LogP contribution in [0.4, 0.5) is 0 Å². The van der Waals surface area contributed by atoms with Crippen LogP contribution >= 0.6 is 12.2 Å². The van der Waals surface area contributed by atoms with Gasteiger partial charge in [-0.05, 0) is 37.4 Å². The lowest BCUT2D eigenvalue weighted by Gasteiger charge is -2.19. The second-order valence-corrected chi connectivity index (χ2v) is 3.85. The standard InChI is InChI=1S/C9H17N3S/c1-7-5-3-4-6-8(7)11-12-9(13)10-2/h7H,3-6H2,1-2H3,(H2,10,12,13)/b11-8-/t7-/m1/s1. The van der Waals surface area contributed by atoms with Gasteiger partial charge in [-0.25, -0.2) is 0 Å². The lowest BCUT2D eigenvalue weighted by atomic mass is 9.89. The summed E-state index contributed by atoms with van der Waals surface area (Å²) < 4.78 is 0. The van der Waals surface area contributed by atoms with Gasteiger partial charge in [-0.1, -0.05) is 13.3 Å². The Morgan fingerprint density at radius 1 is 1.54 bits per heavy atom. The van der Waals surface area contributed by atoms with Gasteiger partial charge in [-0.2, -0.15) is 5.10 Å². The first-order valence-electron chi connectivity index (χ1n) is 4.78. The fourth-order valence-corrected chi connectivity index (χ4v) is 1.56. The van der Waals surface area contributed by atoms with Crippen LogP contribution in [-0.2, 0) is 0 Å². The molecule has 1 fully saturated rings. The molecule has 0 spiro atoms. The van der Waals surface area contributed by atoms with E-state index in [1.54, 1.807) is 7.05 Å². The fraction of sp³-hybridized carbons (Fsp3) is 0.778. The van der Waals surface area contributed by atoms with Crippen LogP contribution in [0.5, 0.6) is 0 Å². The number of nitrogens with zero attached hydrogens (tertiary/aromatic N) is 1. The van der Waals surface area contributed by atoms with Crippen molar-refractivity contribution >= 4 is 23.0 Å². The minimum atomic E-state index is 0.588. The molecule has 74 valence electrons. The smallest absolute Gasteiger partial charge is 0.186 e. The summed E-state index contributed by atoms with van der Waals surface area (Å²) in [5, 5.41) is 7.72. The molecule has 1 aliphatic carbocycles. The first kappa shape index (κ1) is 10.4. The van der Waals surface area contributed by atoms with Gasteiger partial charge in [0.1, 0.15) is 0 Å². The first-order chi connectivity index (χ1) is 6.24. The number of hydrogen-bond donors (Lipinski definition) is 2. The van der Waals surface area contributed by atoms with Crippen LogP contribution in [0.25, 0.3) is 0 Å². The van der Waals surface area contributed by atoms with E-state index in [2.05, 4.69) is 22.8 Å². The van der Waals surface area contributed by atoms with Crippen LogP contribution in [0.15, 0.2) is 5.10 Å². The largest absolute Gasteiger partial charge is 0.364 e. The van der Waals surface area contributed by atoms with Gasteiger partial charge < -0.3 is 5.32 Å². The van der Waals surface area contributed by atoms with Gasteiger partial charge in [0.15, 0.2) is 5.11 Å². The molecule has 4 heteroatoms. The molecule has 3 nitrogen and oxygen atoms in total. The lowest BCUT2D eigenvalue weighted by Crippen LogP contribution is -2.30. The number of hydrazone groups is 1. The summed E-state index contributed by atoms with van der Waals surface area (Å²) in [6, 6.07) is 0. The van der Waals surface area contributed by atoms with Crippen LogP contribution in [0.1, 0.15) is 32.6 Å². The zero-order valence-corrected chi connectivity index (χ0v) is 9.08. The first-order valence-corrected chi connectivity index (χ1v) is 5.19. The van der Waals surface area contributed by atoms with Crippen molar-refractivity contribution in [3.8, 4) is 0 Å². The minimum Gasteiger partial charge on any atom is -0.364 e. The van der Waals surface area contributed by atoms with E-state index in [1.165, 1.54) is 25.0 Å². The molecule has 0 heterocycles. The summed E-state index contributed by atoms with van der Waals surface area (Å²) in [6.45, 7) is 2.22. The van der Waals surface area contributed by atoms with Gasteiger partial charge in [0.05, 0.1) is 0 Å². The molecule has 0 aromatic rings. The van der Waals surface area contributed by atoms with E-state index in [0.717, 1.165) is 6.42 Å². The highest BCUT2D eigenvalue weighted by molar-refractivity contribution is 7.80. The molecule has 0 radical (unpaired) electrons. The molecule has 0 aliphatic heterocycles. The van der Waals surface area contributed by atoms with Gasteiger partial charge in [-0.3, -0.25) is 5.43 Å². The van der Waals surface area contributed by atoms with Crippen molar-refractivity contribution in [3.63, 3.8) is 0 Å².